The third-order valence-electron chi connectivity index (χ3n) is 4.63. The van der Waals surface area contributed by atoms with Crippen molar-refractivity contribution < 1.29 is 0 Å². The van der Waals surface area contributed by atoms with E-state index in [2.05, 4.69) is 27.9 Å². The summed E-state index contributed by atoms with van der Waals surface area (Å²) in [5.74, 6) is 0.828. The van der Waals surface area contributed by atoms with Gasteiger partial charge in [0.05, 0.1) is 0 Å². The van der Waals surface area contributed by atoms with Crippen molar-refractivity contribution in [3.8, 4) is 0 Å². The van der Waals surface area contributed by atoms with E-state index in [-0.39, 0.29) is 0 Å². The molecule has 0 aromatic rings. The molecule has 0 saturated carbocycles. The van der Waals surface area contributed by atoms with Gasteiger partial charge >= 0.3 is 0 Å². The molecule has 1 aliphatic rings. The van der Waals surface area contributed by atoms with Gasteiger partial charge in [0.15, 0.2) is 0 Å². The Bertz CT molecular complexity index is 205. The van der Waals surface area contributed by atoms with E-state index < -0.39 is 0 Å². The maximum Gasteiger partial charge on any atom is 0.00161 e. The maximum absolute atomic E-state index is 5.96. The molecule has 2 N–H and O–H groups in total. The van der Waals surface area contributed by atoms with Crippen LogP contribution in [0.15, 0.2) is 0 Å². The summed E-state index contributed by atoms with van der Waals surface area (Å²) in [4.78, 5) is 0. The molecule has 18 heavy (non-hydrogen) atoms. The molecule has 0 amide bonds. The van der Waals surface area contributed by atoms with Crippen molar-refractivity contribution in [2.24, 2.45) is 17.1 Å². The zero-order valence-corrected chi connectivity index (χ0v) is 13.6. The third kappa shape index (κ3) is 5.99. The summed E-state index contributed by atoms with van der Waals surface area (Å²) >= 11 is 0. The van der Waals surface area contributed by atoms with Crippen molar-refractivity contribution in [3.63, 3.8) is 0 Å². The second kappa shape index (κ2) is 8.51. The highest BCUT2D eigenvalue weighted by Crippen LogP contribution is 2.34. The highest BCUT2D eigenvalue weighted by atomic mass is 31.0. The molecule has 1 saturated heterocycles. The van der Waals surface area contributed by atoms with E-state index in [1.807, 2.05) is 0 Å². The van der Waals surface area contributed by atoms with Gasteiger partial charge in [0.1, 0.15) is 0 Å². The minimum atomic E-state index is 0.330. The Hall–Kier alpha value is 0.350. The summed E-state index contributed by atoms with van der Waals surface area (Å²) < 4.78 is 2.42. The molecule has 1 atom stereocenters. The molecule has 108 valence electrons. The lowest BCUT2D eigenvalue weighted by Gasteiger charge is -2.34. The van der Waals surface area contributed by atoms with Crippen LogP contribution in [0.3, 0.4) is 0 Å². The van der Waals surface area contributed by atoms with Crippen LogP contribution >= 0.6 is 9.39 Å². The zero-order valence-electron chi connectivity index (χ0n) is 12.5. The summed E-state index contributed by atoms with van der Waals surface area (Å²) in [6.45, 7) is 8.03. The van der Waals surface area contributed by atoms with Crippen LogP contribution in [-0.4, -0.2) is 24.3 Å². The molecular weight excluding hydrogens is 239 g/mol. The van der Waals surface area contributed by atoms with Gasteiger partial charge in [-0.05, 0) is 43.6 Å². The number of nitrogens with zero attached hydrogens (tertiary/aromatic N) is 1. The summed E-state index contributed by atoms with van der Waals surface area (Å²) in [6.07, 6.45) is 11.0. The Morgan fingerprint density at radius 2 is 1.50 bits per heavy atom. The molecule has 1 rings (SSSR count). The fraction of sp³-hybridized carbons (Fsp3) is 1.00. The number of nitrogens with two attached hydrogens (primary N) is 1. The minimum Gasteiger partial charge on any atom is -0.330 e. The van der Waals surface area contributed by atoms with Crippen LogP contribution < -0.4 is 5.73 Å². The maximum atomic E-state index is 5.96. The fourth-order valence-corrected chi connectivity index (χ4v) is 3.33. The van der Waals surface area contributed by atoms with Crippen molar-refractivity contribution in [3.05, 3.63) is 0 Å². The van der Waals surface area contributed by atoms with Crippen LogP contribution in [0.1, 0.15) is 65.2 Å². The van der Waals surface area contributed by atoms with Crippen molar-refractivity contribution in [2.75, 3.05) is 19.6 Å². The SMILES string of the molecule is CC(C)(CN)C1CCCCCN(P)CCCCC1. The summed E-state index contributed by atoms with van der Waals surface area (Å²) in [7, 11) is 2.88. The summed E-state index contributed by atoms with van der Waals surface area (Å²) in [5, 5.41) is 0. The van der Waals surface area contributed by atoms with Crippen LogP contribution in [0.2, 0.25) is 0 Å². The molecule has 2 nitrogen and oxygen atoms in total. The molecular formula is C15H33N2P. The first-order valence-corrected chi connectivity index (χ1v) is 8.27. The van der Waals surface area contributed by atoms with E-state index in [1.54, 1.807) is 0 Å². The average molecular weight is 272 g/mol. The zero-order chi connectivity index (χ0) is 13.4. The first kappa shape index (κ1) is 16.4. The molecule has 1 heterocycles. The van der Waals surface area contributed by atoms with Crippen molar-refractivity contribution in [2.45, 2.75) is 65.2 Å². The van der Waals surface area contributed by atoms with E-state index in [0.717, 1.165) is 12.5 Å². The summed E-state index contributed by atoms with van der Waals surface area (Å²) in [6, 6.07) is 0. The van der Waals surface area contributed by atoms with Crippen LogP contribution in [0, 0.1) is 11.3 Å². The minimum absolute atomic E-state index is 0.330. The molecule has 3 heteroatoms. The number of rotatable bonds is 2. The largest absolute Gasteiger partial charge is 0.330 e. The molecule has 0 spiro atoms. The molecule has 0 radical (unpaired) electrons. The topological polar surface area (TPSA) is 29.3 Å². The van der Waals surface area contributed by atoms with E-state index in [1.165, 1.54) is 64.5 Å². The first-order valence-electron chi connectivity index (χ1n) is 7.76. The molecule has 0 aliphatic carbocycles. The highest BCUT2D eigenvalue weighted by molar-refractivity contribution is 7.13. The summed E-state index contributed by atoms with van der Waals surface area (Å²) in [5.41, 5.74) is 6.29. The van der Waals surface area contributed by atoms with Gasteiger partial charge in [-0.1, -0.05) is 48.9 Å². The number of hydrogen-bond donors (Lipinski definition) is 1. The Balaban J connectivity index is 2.45. The van der Waals surface area contributed by atoms with Crippen molar-refractivity contribution in [1.29, 1.82) is 0 Å². The molecule has 0 aromatic heterocycles. The van der Waals surface area contributed by atoms with E-state index in [4.69, 9.17) is 5.73 Å². The second-order valence-corrected chi connectivity index (χ2v) is 7.35. The predicted octanol–water partition coefficient (Wildman–Crippen LogP) is 3.81. The smallest absolute Gasteiger partial charge is 0.00161 e. The fourth-order valence-electron chi connectivity index (χ4n) is 2.97. The number of hydrogen-bond acceptors (Lipinski definition) is 2. The van der Waals surface area contributed by atoms with Gasteiger partial charge in [0, 0.05) is 13.1 Å². The lowest BCUT2D eigenvalue weighted by atomic mass is 9.73. The second-order valence-electron chi connectivity index (χ2n) is 6.62. The van der Waals surface area contributed by atoms with Crippen LogP contribution in [0.5, 0.6) is 0 Å². The van der Waals surface area contributed by atoms with E-state index in [9.17, 15) is 0 Å². The molecule has 0 aromatic carbocycles. The van der Waals surface area contributed by atoms with Crippen LogP contribution in [0.25, 0.3) is 0 Å². The Morgan fingerprint density at radius 1 is 1.00 bits per heavy atom. The lowest BCUT2D eigenvalue weighted by molar-refractivity contribution is 0.184. The van der Waals surface area contributed by atoms with Crippen LogP contribution in [0.4, 0.5) is 0 Å². The molecule has 1 unspecified atom stereocenters. The Labute approximate surface area is 116 Å². The quantitative estimate of drug-likeness (QED) is 0.774. The molecule has 1 fully saturated rings. The van der Waals surface area contributed by atoms with Crippen LogP contribution in [-0.2, 0) is 0 Å². The van der Waals surface area contributed by atoms with Gasteiger partial charge in [-0.2, -0.15) is 0 Å². The lowest BCUT2D eigenvalue weighted by Crippen LogP contribution is -2.32. The van der Waals surface area contributed by atoms with Gasteiger partial charge in [0.25, 0.3) is 0 Å². The van der Waals surface area contributed by atoms with Crippen molar-refractivity contribution >= 4 is 9.39 Å². The average Bonchev–Trinajstić information content (AvgIpc) is 2.33. The van der Waals surface area contributed by atoms with Gasteiger partial charge in [-0.3, -0.25) is 4.67 Å². The normalized spacial score (nSPS) is 23.3. The molecule has 0 bridgehead atoms. The van der Waals surface area contributed by atoms with Crippen molar-refractivity contribution in [1.82, 2.24) is 4.67 Å². The Morgan fingerprint density at radius 3 is 1.94 bits per heavy atom. The molecule has 1 aliphatic heterocycles. The standard InChI is InChI=1S/C15H33N2P/c1-15(2,13-16)14-9-5-3-7-11-17(18)12-8-4-6-10-14/h14H,3-13,16,18H2,1-2H3. The third-order valence-corrected chi connectivity index (χ3v) is 5.14. The first-order chi connectivity index (χ1) is 8.56. The van der Waals surface area contributed by atoms with Gasteiger partial charge in [-0.25, -0.2) is 0 Å². The highest BCUT2D eigenvalue weighted by Gasteiger charge is 2.27. The Kier molecular flexibility index (Phi) is 7.75. The monoisotopic (exact) mass is 272 g/mol. The van der Waals surface area contributed by atoms with E-state index >= 15 is 0 Å². The van der Waals surface area contributed by atoms with Gasteiger partial charge < -0.3 is 5.73 Å². The van der Waals surface area contributed by atoms with Gasteiger partial charge in [0.2, 0.25) is 0 Å². The van der Waals surface area contributed by atoms with Gasteiger partial charge in [-0.15, -0.1) is 0 Å². The van der Waals surface area contributed by atoms with E-state index in [0.29, 0.717) is 5.41 Å². The predicted molar refractivity (Wildman–Crippen MR) is 84.5 cm³/mol.